The lowest BCUT2D eigenvalue weighted by molar-refractivity contribution is 0.102. The van der Waals surface area contributed by atoms with Crippen molar-refractivity contribution in [1.29, 1.82) is 0 Å². The number of hydrogen-bond donors (Lipinski definition) is 1. The zero-order valence-electron chi connectivity index (χ0n) is 11.9. The molecule has 0 spiro atoms. The fourth-order valence-electron chi connectivity index (χ4n) is 2.04. The van der Waals surface area contributed by atoms with E-state index in [-0.39, 0.29) is 11.9 Å². The number of aromatic nitrogens is 2. The van der Waals surface area contributed by atoms with E-state index in [1.807, 2.05) is 32.0 Å². The predicted molar refractivity (Wildman–Crippen MR) is 88.6 cm³/mol. The number of aryl methyl sites for hydroxylation is 2. The van der Waals surface area contributed by atoms with Gasteiger partial charge in [-0.3, -0.25) is 10.1 Å². The van der Waals surface area contributed by atoms with Gasteiger partial charge in [-0.1, -0.05) is 17.2 Å². The number of halogens is 1. The van der Waals surface area contributed by atoms with Gasteiger partial charge in [0.1, 0.15) is 11.5 Å². The van der Waals surface area contributed by atoms with Crippen LogP contribution in [0.25, 0.3) is 11.5 Å². The van der Waals surface area contributed by atoms with E-state index < -0.39 is 0 Å². The number of nitrogens with one attached hydrogen (secondary N) is 1. The van der Waals surface area contributed by atoms with Crippen molar-refractivity contribution in [3.8, 4) is 11.5 Å². The summed E-state index contributed by atoms with van der Waals surface area (Å²) < 4.78 is 11.8. The number of rotatable bonds is 3. The highest BCUT2D eigenvalue weighted by molar-refractivity contribution is 14.1. The maximum atomic E-state index is 12.2. The Morgan fingerprint density at radius 1 is 1.18 bits per heavy atom. The molecule has 0 aliphatic carbocycles. The van der Waals surface area contributed by atoms with Crippen LogP contribution in [-0.4, -0.2) is 16.1 Å². The van der Waals surface area contributed by atoms with Gasteiger partial charge < -0.3 is 8.83 Å². The van der Waals surface area contributed by atoms with Crippen LogP contribution in [0.1, 0.15) is 21.9 Å². The minimum absolute atomic E-state index is 0.0536. The Kier molecular flexibility index (Phi) is 3.97. The zero-order valence-corrected chi connectivity index (χ0v) is 14.0. The van der Waals surface area contributed by atoms with Gasteiger partial charge >= 0.3 is 6.01 Å². The summed E-state index contributed by atoms with van der Waals surface area (Å²) >= 11 is 2.10. The van der Waals surface area contributed by atoms with Gasteiger partial charge in [0.05, 0.1) is 11.1 Å². The SMILES string of the molecule is Cc1cc(-c2nnc(NC(=O)c3ccccc3I)o2)c(C)o1. The second-order valence-corrected chi connectivity index (χ2v) is 5.84. The molecule has 0 bridgehead atoms. The van der Waals surface area contributed by atoms with Crippen molar-refractivity contribution in [2.24, 2.45) is 0 Å². The summed E-state index contributed by atoms with van der Waals surface area (Å²) in [6.07, 6.45) is 0. The van der Waals surface area contributed by atoms with Crippen LogP contribution in [-0.2, 0) is 0 Å². The average molecular weight is 409 g/mol. The van der Waals surface area contributed by atoms with Gasteiger partial charge in [-0.2, -0.15) is 0 Å². The number of benzene rings is 1. The van der Waals surface area contributed by atoms with Gasteiger partial charge in [0.25, 0.3) is 11.8 Å². The quantitative estimate of drug-likeness (QED) is 0.666. The van der Waals surface area contributed by atoms with E-state index in [0.29, 0.717) is 17.2 Å². The van der Waals surface area contributed by atoms with E-state index in [1.54, 1.807) is 12.1 Å². The summed E-state index contributed by atoms with van der Waals surface area (Å²) in [6, 6.07) is 9.12. The van der Waals surface area contributed by atoms with Crippen LogP contribution in [0.5, 0.6) is 0 Å². The molecule has 1 amide bonds. The minimum atomic E-state index is -0.291. The maximum Gasteiger partial charge on any atom is 0.322 e. The molecule has 0 saturated carbocycles. The number of anilines is 1. The number of carbonyl (C=O) groups excluding carboxylic acids is 1. The summed E-state index contributed by atoms with van der Waals surface area (Å²) in [6.45, 7) is 3.66. The van der Waals surface area contributed by atoms with Crippen molar-refractivity contribution in [1.82, 2.24) is 10.2 Å². The monoisotopic (exact) mass is 409 g/mol. The lowest BCUT2D eigenvalue weighted by Gasteiger charge is -2.02. The van der Waals surface area contributed by atoms with Crippen LogP contribution in [0.15, 0.2) is 39.2 Å². The first-order valence-electron chi connectivity index (χ1n) is 6.51. The molecule has 2 aromatic heterocycles. The van der Waals surface area contributed by atoms with Gasteiger partial charge in [-0.05, 0) is 54.6 Å². The normalized spacial score (nSPS) is 10.7. The molecule has 0 atom stereocenters. The molecule has 2 heterocycles. The number of carbonyl (C=O) groups is 1. The fourth-order valence-corrected chi connectivity index (χ4v) is 2.67. The maximum absolute atomic E-state index is 12.2. The Labute approximate surface area is 140 Å². The Balaban J connectivity index is 1.82. The molecule has 0 aliphatic rings. The summed E-state index contributed by atoms with van der Waals surface area (Å²) in [7, 11) is 0. The van der Waals surface area contributed by atoms with Gasteiger partial charge in [0.2, 0.25) is 0 Å². The molecule has 3 rings (SSSR count). The van der Waals surface area contributed by atoms with E-state index in [2.05, 4.69) is 38.1 Å². The highest BCUT2D eigenvalue weighted by atomic mass is 127. The standard InChI is InChI=1S/C15H12IN3O3/c1-8-7-11(9(2)21-8)14-18-19-15(22-14)17-13(20)10-5-3-4-6-12(10)16/h3-7H,1-2H3,(H,17,19,20). The molecule has 0 fully saturated rings. The summed E-state index contributed by atoms with van der Waals surface area (Å²) in [4.78, 5) is 12.2. The first kappa shape index (κ1) is 14.8. The molecule has 0 saturated heterocycles. The topological polar surface area (TPSA) is 81.2 Å². The molecule has 6 nitrogen and oxygen atoms in total. The first-order chi connectivity index (χ1) is 10.5. The molecule has 1 aromatic carbocycles. The van der Waals surface area contributed by atoms with Gasteiger partial charge in [-0.15, -0.1) is 5.10 Å². The van der Waals surface area contributed by atoms with Crippen LogP contribution in [0.3, 0.4) is 0 Å². The molecular formula is C15H12IN3O3. The molecular weight excluding hydrogens is 397 g/mol. The van der Waals surface area contributed by atoms with Crippen LogP contribution < -0.4 is 5.32 Å². The Morgan fingerprint density at radius 2 is 1.95 bits per heavy atom. The van der Waals surface area contributed by atoms with Crippen molar-refractivity contribution >= 4 is 34.5 Å². The first-order valence-corrected chi connectivity index (χ1v) is 7.59. The van der Waals surface area contributed by atoms with Gasteiger partial charge in [-0.25, -0.2) is 0 Å². The zero-order chi connectivity index (χ0) is 15.7. The third-order valence-electron chi connectivity index (χ3n) is 3.04. The van der Waals surface area contributed by atoms with E-state index in [0.717, 1.165) is 14.9 Å². The summed E-state index contributed by atoms with van der Waals surface area (Å²) in [5, 5.41) is 10.4. The Bertz CT molecular complexity index is 838. The summed E-state index contributed by atoms with van der Waals surface area (Å²) in [5.74, 6) is 1.47. The van der Waals surface area contributed by atoms with Crippen LogP contribution in [0.4, 0.5) is 6.01 Å². The molecule has 0 unspecified atom stereocenters. The second-order valence-electron chi connectivity index (χ2n) is 4.67. The van der Waals surface area contributed by atoms with Crippen molar-refractivity contribution < 1.29 is 13.6 Å². The van der Waals surface area contributed by atoms with E-state index in [4.69, 9.17) is 8.83 Å². The molecule has 22 heavy (non-hydrogen) atoms. The highest BCUT2D eigenvalue weighted by Gasteiger charge is 2.17. The van der Waals surface area contributed by atoms with Crippen LogP contribution in [0, 0.1) is 17.4 Å². The van der Waals surface area contributed by atoms with Crippen molar-refractivity contribution in [2.45, 2.75) is 13.8 Å². The fraction of sp³-hybridized carbons (Fsp3) is 0.133. The number of nitrogens with zero attached hydrogens (tertiary/aromatic N) is 2. The number of amides is 1. The van der Waals surface area contributed by atoms with Crippen molar-refractivity contribution in [3.63, 3.8) is 0 Å². The minimum Gasteiger partial charge on any atom is -0.466 e. The van der Waals surface area contributed by atoms with E-state index >= 15 is 0 Å². The molecule has 3 aromatic rings. The Hall–Kier alpha value is -2.16. The van der Waals surface area contributed by atoms with Crippen molar-refractivity contribution in [2.75, 3.05) is 5.32 Å². The predicted octanol–water partition coefficient (Wildman–Crippen LogP) is 3.80. The largest absolute Gasteiger partial charge is 0.466 e. The lowest BCUT2D eigenvalue weighted by atomic mass is 10.2. The average Bonchev–Trinajstić information content (AvgIpc) is 3.05. The molecule has 7 heteroatoms. The lowest BCUT2D eigenvalue weighted by Crippen LogP contribution is -2.13. The van der Waals surface area contributed by atoms with E-state index in [9.17, 15) is 4.79 Å². The number of hydrogen-bond acceptors (Lipinski definition) is 5. The molecule has 112 valence electrons. The van der Waals surface area contributed by atoms with Crippen LogP contribution >= 0.6 is 22.6 Å². The molecule has 0 radical (unpaired) electrons. The molecule has 0 aliphatic heterocycles. The smallest absolute Gasteiger partial charge is 0.322 e. The third kappa shape index (κ3) is 2.89. The van der Waals surface area contributed by atoms with Crippen LogP contribution in [0.2, 0.25) is 0 Å². The van der Waals surface area contributed by atoms with E-state index in [1.165, 1.54) is 0 Å². The highest BCUT2D eigenvalue weighted by Crippen LogP contribution is 2.26. The molecule has 1 N–H and O–H groups in total. The second kappa shape index (κ2) is 5.91. The van der Waals surface area contributed by atoms with Crippen molar-refractivity contribution in [3.05, 3.63) is 51.0 Å². The third-order valence-corrected chi connectivity index (χ3v) is 3.98. The summed E-state index contributed by atoms with van der Waals surface area (Å²) in [5.41, 5.74) is 1.28. The van der Waals surface area contributed by atoms with Gasteiger partial charge in [0, 0.05) is 3.57 Å². The number of furan rings is 1. The van der Waals surface area contributed by atoms with Gasteiger partial charge in [0.15, 0.2) is 0 Å². The Morgan fingerprint density at radius 3 is 2.64 bits per heavy atom.